The topological polar surface area (TPSA) is 36.9 Å². The molecule has 0 bridgehead atoms. The minimum absolute atomic E-state index is 0.229. The van der Waals surface area contributed by atoms with Crippen molar-refractivity contribution < 1.29 is 18.1 Å². The van der Waals surface area contributed by atoms with E-state index in [4.69, 9.17) is 41.7 Å². The Hall–Kier alpha value is 1.84. The second-order valence-electron chi connectivity index (χ2n) is 10.5. The average molecular weight is 587 g/mol. The van der Waals surface area contributed by atoms with E-state index < -0.39 is 11.4 Å². The Balaban J connectivity index is 1.43. The van der Waals surface area contributed by atoms with E-state index in [1.807, 2.05) is 0 Å². The van der Waals surface area contributed by atoms with Gasteiger partial charge in [0.15, 0.2) is 0 Å². The molecule has 4 aliphatic carbocycles. The molecular weight excluding hydrogens is 542 g/mol. The van der Waals surface area contributed by atoms with Crippen molar-refractivity contribution in [3.05, 3.63) is 0 Å². The Labute approximate surface area is 225 Å². The highest BCUT2D eigenvalue weighted by Crippen LogP contribution is 2.79. The van der Waals surface area contributed by atoms with Crippen LogP contribution in [0.1, 0.15) is 128 Å². The van der Waals surface area contributed by atoms with E-state index >= 15 is 0 Å². The van der Waals surface area contributed by atoms with E-state index in [1.54, 1.807) is 20.8 Å². The molecular formula is C24H44O4P2S4. The molecule has 0 aromatic rings. The lowest BCUT2D eigenvalue weighted by atomic mass is 9.98. The first-order valence-corrected chi connectivity index (χ1v) is 22.5. The summed E-state index contributed by atoms with van der Waals surface area (Å²) in [5.41, 5.74) is -5.09. The second-order valence-corrected chi connectivity index (χ2v) is 24.2. The van der Waals surface area contributed by atoms with Crippen LogP contribution in [0.25, 0.3) is 0 Å². The van der Waals surface area contributed by atoms with Crippen molar-refractivity contribution in [2.24, 2.45) is 0 Å². The Morgan fingerprint density at radius 1 is 0.382 bits per heavy atom. The van der Waals surface area contributed by atoms with Crippen molar-refractivity contribution in [2.75, 3.05) is 0 Å². The summed E-state index contributed by atoms with van der Waals surface area (Å²) in [4.78, 5) is 0. The summed E-state index contributed by atoms with van der Waals surface area (Å²) in [5, 5.41) is 0. The Morgan fingerprint density at radius 2 is 0.588 bits per heavy atom. The van der Waals surface area contributed by atoms with Crippen LogP contribution in [0.5, 0.6) is 0 Å². The SMILES string of the molecule is S=P(OC1CCCCC1)(OC1CCCCC1)SSP(=S)(OC1CCCCC1)OC1CCCCC1. The second kappa shape index (κ2) is 14.8. The molecule has 0 unspecified atom stereocenters. The van der Waals surface area contributed by atoms with Gasteiger partial charge in [-0.05, 0) is 75.0 Å². The van der Waals surface area contributed by atoms with Crippen molar-refractivity contribution in [3.63, 3.8) is 0 Å². The fourth-order valence-corrected chi connectivity index (χ4v) is 23.7. The molecule has 0 aliphatic heterocycles. The van der Waals surface area contributed by atoms with Gasteiger partial charge >= 0.3 is 0 Å². The number of rotatable bonds is 11. The predicted octanol–water partition coefficient (Wildman–Crippen LogP) is 10.2. The van der Waals surface area contributed by atoms with Crippen LogP contribution in [0.15, 0.2) is 0 Å². The highest BCUT2D eigenvalue weighted by molar-refractivity contribution is 9.17. The summed E-state index contributed by atoms with van der Waals surface area (Å²) < 4.78 is 26.7. The smallest absolute Gasteiger partial charge is 0.258 e. The van der Waals surface area contributed by atoms with Crippen molar-refractivity contribution >= 4 is 55.8 Å². The van der Waals surface area contributed by atoms with E-state index in [9.17, 15) is 0 Å². The zero-order valence-corrected chi connectivity index (χ0v) is 25.7. The maximum absolute atomic E-state index is 6.66. The molecule has 198 valence electrons. The van der Waals surface area contributed by atoms with E-state index in [2.05, 4.69) is 0 Å². The van der Waals surface area contributed by atoms with Crippen LogP contribution in [0.4, 0.5) is 0 Å². The minimum atomic E-state index is -2.55. The average Bonchev–Trinajstić information content (AvgIpc) is 2.85. The molecule has 0 heterocycles. The van der Waals surface area contributed by atoms with E-state index in [1.165, 1.54) is 77.0 Å². The van der Waals surface area contributed by atoms with E-state index in [0.717, 1.165) is 51.4 Å². The Bertz CT molecular complexity index is 582. The molecule has 4 rings (SSSR count). The molecule has 0 amide bonds. The lowest BCUT2D eigenvalue weighted by molar-refractivity contribution is 0.108. The third-order valence-electron chi connectivity index (χ3n) is 7.54. The van der Waals surface area contributed by atoms with Gasteiger partial charge in [0.2, 0.25) is 0 Å². The van der Waals surface area contributed by atoms with Crippen LogP contribution in [-0.2, 0) is 41.7 Å². The third kappa shape index (κ3) is 9.86. The monoisotopic (exact) mass is 586 g/mol. The lowest BCUT2D eigenvalue weighted by Crippen LogP contribution is -2.20. The molecule has 0 aromatic heterocycles. The molecule has 0 N–H and O–H groups in total. The summed E-state index contributed by atoms with van der Waals surface area (Å²) >= 11 is 12.4. The third-order valence-corrected chi connectivity index (χ3v) is 22.5. The summed E-state index contributed by atoms with van der Waals surface area (Å²) in [6.45, 7) is 0. The van der Waals surface area contributed by atoms with Crippen LogP contribution in [0.2, 0.25) is 0 Å². The fourth-order valence-electron chi connectivity index (χ4n) is 5.61. The van der Waals surface area contributed by atoms with Gasteiger partial charge in [0.1, 0.15) is 0 Å². The quantitative estimate of drug-likeness (QED) is 0.175. The summed E-state index contributed by atoms with van der Waals surface area (Å²) in [5.74, 6) is 0. The molecule has 4 saturated carbocycles. The highest BCUT2D eigenvalue weighted by Gasteiger charge is 2.37. The largest absolute Gasteiger partial charge is 0.318 e. The molecule has 10 heteroatoms. The Morgan fingerprint density at radius 3 is 0.794 bits per heavy atom. The van der Waals surface area contributed by atoms with Gasteiger partial charge in [0.05, 0.1) is 24.4 Å². The van der Waals surface area contributed by atoms with Gasteiger partial charge in [-0.2, -0.15) is 0 Å². The van der Waals surface area contributed by atoms with Crippen LogP contribution in [0, 0.1) is 0 Å². The maximum Gasteiger partial charge on any atom is 0.258 e. The van der Waals surface area contributed by atoms with Crippen LogP contribution < -0.4 is 0 Å². The van der Waals surface area contributed by atoms with Gasteiger partial charge in [0.25, 0.3) is 11.4 Å². The molecule has 4 aliphatic rings. The van der Waals surface area contributed by atoms with Gasteiger partial charge in [-0.1, -0.05) is 77.0 Å². The van der Waals surface area contributed by atoms with Crippen molar-refractivity contribution in [2.45, 2.75) is 153 Å². The normalized spacial score (nSPS) is 25.5. The molecule has 0 atom stereocenters. The van der Waals surface area contributed by atoms with Gasteiger partial charge in [-0.3, -0.25) is 0 Å². The zero-order chi connectivity index (χ0) is 23.7. The molecule has 0 radical (unpaired) electrons. The van der Waals surface area contributed by atoms with E-state index in [-0.39, 0.29) is 24.4 Å². The van der Waals surface area contributed by atoms with Crippen LogP contribution in [-0.4, -0.2) is 24.4 Å². The molecule has 0 saturated heterocycles. The first kappa shape index (κ1) is 28.8. The molecule has 34 heavy (non-hydrogen) atoms. The first-order valence-electron chi connectivity index (χ1n) is 13.8. The minimum Gasteiger partial charge on any atom is -0.318 e. The Kier molecular flexibility index (Phi) is 12.6. The molecule has 4 nitrogen and oxygen atoms in total. The molecule has 0 aromatic carbocycles. The van der Waals surface area contributed by atoms with Crippen LogP contribution >= 0.6 is 32.2 Å². The first-order chi connectivity index (χ1) is 16.5. The maximum atomic E-state index is 6.66. The van der Waals surface area contributed by atoms with Gasteiger partial charge < -0.3 is 18.1 Å². The number of hydrogen-bond donors (Lipinski definition) is 0. The lowest BCUT2D eigenvalue weighted by Gasteiger charge is -2.35. The fraction of sp³-hybridized carbons (Fsp3) is 1.00. The van der Waals surface area contributed by atoms with Crippen LogP contribution in [0.3, 0.4) is 0 Å². The summed E-state index contributed by atoms with van der Waals surface area (Å²) in [6, 6.07) is 0. The van der Waals surface area contributed by atoms with Gasteiger partial charge in [0, 0.05) is 20.8 Å². The molecule has 0 spiro atoms. The van der Waals surface area contributed by atoms with Gasteiger partial charge in [-0.15, -0.1) is 0 Å². The summed E-state index contributed by atoms with van der Waals surface area (Å²) in [6.07, 6.45) is 24.8. The standard InChI is InChI=1S/C24H44O4P2S4/c31-29(25-21-13-5-1-6-14-21,26-22-15-7-2-8-16-22)33-34-30(32,27-23-17-9-3-10-18-23)28-24-19-11-4-12-20-24/h21-24H,1-20H2. The summed E-state index contributed by atoms with van der Waals surface area (Å²) in [7, 11) is 3.18. The highest BCUT2D eigenvalue weighted by atomic mass is 33.5. The van der Waals surface area contributed by atoms with Gasteiger partial charge in [-0.25, -0.2) is 0 Å². The number of hydrogen-bond acceptors (Lipinski definition) is 8. The van der Waals surface area contributed by atoms with Crippen molar-refractivity contribution in [1.29, 1.82) is 0 Å². The predicted molar refractivity (Wildman–Crippen MR) is 156 cm³/mol. The van der Waals surface area contributed by atoms with E-state index in [0.29, 0.717) is 0 Å². The van der Waals surface area contributed by atoms with Crippen molar-refractivity contribution in [3.8, 4) is 0 Å². The zero-order valence-electron chi connectivity index (χ0n) is 20.6. The molecule has 4 fully saturated rings. The van der Waals surface area contributed by atoms with Crippen molar-refractivity contribution in [1.82, 2.24) is 0 Å².